The maximum atomic E-state index is 11.6. The molecule has 0 saturated carbocycles. The van der Waals surface area contributed by atoms with Crippen LogP contribution in [0.5, 0.6) is 0 Å². The summed E-state index contributed by atoms with van der Waals surface area (Å²) in [5.74, 6) is 0.299. The lowest BCUT2D eigenvalue weighted by atomic mass is 10.4. The first-order valence-corrected chi connectivity index (χ1v) is 9.66. The Morgan fingerprint density at radius 3 is 2.81 bits per heavy atom. The smallest absolute Gasteiger partial charge is 0.295 e. The van der Waals surface area contributed by atoms with Gasteiger partial charge >= 0.3 is 5.76 Å². The molecule has 0 saturated heterocycles. The van der Waals surface area contributed by atoms with Gasteiger partial charge in [-0.05, 0) is 11.4 Å². The van der Waals surface area contributed by atoms with Crippen molar-refractivity contribution in [2.75, 3.05) is 0 Å². The summed E-state index contributed by atoms with van der Waals surface area (Å²) in [6.07, 6.45) is 0.739. The van der Waals surface area contributed by atoms with E-state index < -0.39 is 8.07 Å². The third-order valence-corrected chi connectivity index (χ3v) is 4.19. The molecule has 0 fully saturated rings. The zero-order chi connectivity index (χ0) is 11.8. The number of rotatable bonds is 3. The van der Waals surface area contributed by atoms with Crippen molar-refractivity contribution in [3.8, 4) is 10.7 Å². The minimum absolute atomic E-state index is 0.356. The molecular weight excluding hydrogens is 240 g/mol. The van der Waals surface area contributed by atoms with E-state index in [1.54, 1.807) is 15.9 Å². The van der Waals surface area contributed by atoms with Crippen molar-refractivity contribution in [2.45, 2.75) is 25.8 Å². The van der Waals surface area contributed by atoms with E-state index in [1.807, 2.05) is 17.5 Å². The largest absolute Gasteiger partial charge is 0.441 e. The third-order valence-electron chi connectivity index (χ3n) is 2.06. The van der Waals surface area contributed by atoms with Crippen LogP contribution >= 0.6 is 11.3 Å². The predicted molar refractivity (Wildman–Crippen MR) is 67.4 cm³/mol. The second-order valence-electron chi connectivity index (χ2n) is 4.90. The molecule has 2 aromatic heterocycles. The molecular formula is C10H14N2O2SSi. The summed E-state index contributed by atoms with van der Waals surface area (Å²) >= 11 is 1.56. The molecule has 6 heteroatoms. The van der Waals surface area contributed by atoms with Crippen molar-refractivity contribution in [2.24, 2.45) is 0 Å². The van der Waals surface area contributed by atoms with E-state index >= 15 is 0 Å². The second-order valence-corrected chi connectivity index (χ2v) is 11.3. The molecule has 0 unspecified atom stereocenters. The van der Waals surface area contributed by atoms with Gasteiger partial charge in [0.2, 0.25) is 0 Å². The van der Waals surface area contributed by atoms with E-state index in [-0.39, 0.29) is 5.76 Å². The first-order valence-electron chi connectivity index (χ1n) is 5.08. The third kappa shape index (κ3) is 2.33. The standard InChI is InChI=1S/C10H14N2O2SSi/c1-16(2,3)7-12-9(11-14-10(12)13)8-5-4-6-15-8/h4-6H,7H2,1-3H3. The lowest BCUT2D eigenvalue weighted by molar-refractivity contribution is 0.379. The fourth-order valence-corrected chi connectivity index (χ4v) is 3.41. The summed E-state index contributed by atoms with van der Waals surface area (Å²) in [5, 5.41) is 5.82. The zero-order valence-corrected chi connectivity index (χ0v) is 11.4. The Morgan fingerprint density at radius 1 is 1.50 bits per heavy atom. The Kier molecular flexibility index (Phi) is 2.85. The Labute approximate surface area is 98.5 Å². The highest BCUT2D eigenvalue weighted by Gasteiger charge is 2.21. The van der Waals surface area contributed by atoms with Gasteiger partial charge in [0.1, 0.15) is 0 Å². The molecule has 0 aromatic carbocycles. The van der Waals surface area contributed by atoms with Gasteiger partial charge in [-0.15, -0.1) is 11.3 Å². The molecule has 86 valence electrons. The number of aromatic nitrogens is 2. The minimum Gasteiger partial charge on any atom is -0.295 e. The molecule has 0 N–H and O–H groups in total. The van der Waals surface area contributed by atoms with Crippen LogP contribution in [0, 0.1) is 0 Å². The first kappa shape index (κ1) is 11.3. The average Bonchev–Trinajstić information content (AvgIpc) is 2.75. The monoisotopic (exact) mass is 254 g/mol. The molecule has 0 aliphatic rings. The highest BCUT2D eigenvalue weighted by molar-refractivity contribution is 7.13. The fourth-order valence-electron chi connectivity index (χ4n) is 1.46. The Balaban J connectivity index is 2.45. The quantitative estimate of drug-likeness (QED) is 0.790. The summed E-state index contributed by atoms with van der Waals surface area (Å²) in [6.45, 7) is 6.64. The van der Waals surface area contributed by atoms with Crippen molar-refractivity contribution in [3.63, 3.8) is 0 Å². The van der Waals surface area contributed by atoms with Crippen LogP contribution in [0.3, 0.4) is 0 Å². The van der Waals surface area contributed by atoms with Crippen molar-refractivity contribution < 1.29 is 4.52 Å². The molecule has 0 spiro atoms. The van der Waals surface area contributed by atoms with Crippen LogP contribution in [-0.2, 0) is 6.17 Å². The molecule has 0 aliphatic carbocycles. The van der Waals surface area contributed by atoms with Crippen LogP contribution in [0.2, 0.25) is 19.6 Å². The van der Waals surface area contributed by atoms with E-state index in [9.17, 15) is 4.79 Å². The molecule has 2 heterocycles. The lowest BCUT2D eigenvalue weighted by Gasteiger charge is -2.15. The van der Waals surface area contributed by atoms with Crippen molar-refractivity contribution in [1.29, 1.82) is 0 Å². The molecule has 4 nitrogen and oxygen atoms in total. The zero-order valence-electron chi connectivity index (χ0n) is 9.56. The second kappa shape index (κ2) is 4.02. The molecule has 0 amide bonds. The Morgan fingerprint density at radius 2 is 2.25 bits per heavy atom. The highest BCUT2D eigenvalue weighted by Crippen LogP contribution is 2.22. The summed E-state index contributed by atoms with van der Waals surface area (Å²) in [4.78, 5) is 12.5. The van der Waals surface area contributed by atoms with E-state index in [1.165, 1.54) is 0 Å². The molecule has 2 rings (SSSR count). The van der Waals surface area contributed by atoms with Gasteiger partial charge < -0.3 is 0 Å². The van der Waals surface area contributed by atoms with Crippen molar-refractivity contribution in [3.05, 3.63) is 28.1 Å². The summed E-state index contributed by atoms with van der Waals surface area (Å²) in [6, 6.07) is 3.89. The van der Waals surface area contributed by atoms with Gasteiger partial charge in [-0.25, -0.2) is 4.79 Å². The molecule has 0 radical (unpaired) electrons. The van der Waals surface area contributed by atoms with E-state index in [2.05, 4.69) is 24.8 Å². The molecule has 0 aliphatic heterocycles. The van der Waals surface area contributed by atoms with Gasteiger partial charge in [0.25, 0.3) is 0 Å². The number of hydrogen-bond acceptors (Lipinski definition) is 4. The molecule has 0 bridgehead atoms. The van der Waals surface area contributed by atoms with Gasteiger partial charge in [-0.2, -0.15) is 0 Å². The van der Waals surface area contributed by atoms with Crippen LogP contribution in [0.4, 0.5) is 0 Å². The van der Waals surface area contributed by atoms with Gasteiger partial charge in [0.05, 0.1) is 13.0 Å². The summed E-state index contributed by atoms with van der Waals surface area (Å²) in [7, 11) is -1.37. The Hall–Kier alpha value is -1.14. The summed E-state index contributed by atoms with van der Waals surface area (Å²) in [5.41, 5.74) is 0. The fraction of sp³-hybridized carbons (Fsp3) is 0.400. The first-order chi connectivity index (χ1) is 7.47. The van der Waals surface area contributed by atoms with Gasteiger partial charge in [-0.1, -0.05) is 30.9 Å². The van der Waals surface area contributed by atoms with Crippen LogP contribution in [-0.4, -0.2) is 17.8 Å². The molecule has 16 heavy (non-hydrogen) atoms. The average molecular weight is 254 g/mol. The number of hydrogen-bond donors (Lipinski definition) is 0. The maximum absolute atomic E-state index is 11.6. The summed E-state index contributed by atoms with van der Waals surface area (Å²) < 4.78 is 6.40. The highest BCUT2D eigenvalue weighted by atomic mass is 32.1. The molecule has 0 atom stereocenters. The van der Waals surface area contributed by atoms with E-state index in [0.717, 1.165) is 11.0 Å². The van der Waals surface area contributed by atoms with Gasteiger partial charge in [0, 0.05) is 6.17 Å². The predicted octanol–water partition coefficient (Wildman–Crippen LogP) is 2.44. The van der Waals surface area contributed by atoms with E-state index in [4.69, 9.17) is 4.52 Å². The Bertz CT molecular complexity index is 522. The van der Waals surface area contributed by atoms with Crippen LogP contribution in [0.25, 0.3) is 10.7 Å². The maximum Gasteiger partial charge on any atom is 0.441 e. The van der Waals surface area contributed by atoms with Crippen molar-refractivity contribution >= 4 is 19.4 Å². The van der Waals surface area contributed by atoms with Crippen LogP contribution in [0.15, 0.2) is 26.8 Å². The minimum atomic E-state index is -1.37. The van der Waals surface area contributed by atoms with Crippen molar-refractivity contribution in [1.82, 2.24) is 9.72 Å². The SMILES string of the molecule is C[Si](C)(C)Cn1c(-c2cccs2)noc1=O. The molecule has 2 aromatic rings. The topological polar surface area (TPSA) is 48.0 Å². The van der Waals surface area contributed by atoms with Crippen LogP contribution in [0.1, 0.15) is 0 Å². The number of nitrogens with zero attached hydrogens (tertiary/aromatic N) is 2. The van der Waals surface area contributed by atoms with Crippen LogP contribution < -0.4 is 5.76 Å². The number of thiophene rings is 1. The van der Waals surface area contributed by atoms with E-state index in [0.29, 0.717) is 5.82 Å². The van der Waals surface area contributed by atoms with Gasteiger partial charge in [-0.3, -0.25) is 9.09 Å². The lowest BCUT2D eigenvalue weighted by Crippen LogP contribution is -2.32. The normalized spacial score (nSPS) is 11.9. The van der Waals surface area contributed by atoms with Gasteiger partial charge in [0.15, 0.2) is 5.82 Å².